The van der Waals surface area contributed by atoms with Crippen LogP contribution >= 0.6 is 0 Å². The summed E-state index contributed by atoms with van der Waals surface area (Å²) in [5, 5.41) is 0. The smallest absolute Gasteiger partial charge is 0.159 e. The Morgan fingerprint density at radius 2 is 1.71 bits per heavy atom. The molecule has 3 saturated carbocycles. The average molecular weight is 286 g/mol. The Kier molecular flexibility index (Phi) is 2.81. The van der Waals surface area contributed by atoms with Gasteiger partial charge in [-0.15, -0.1) is 0 Å². The number of ketones is 2. The topological polar surface area (TPSA) is 34.1 Å². The molecule has 5 atom stereocenters. The van der Waals surface area contributed by atoms with Gasteiger partial charge in [0.25, 0.3) is 0 Å². The van der Waals surface area contributed by atoms with Crippen molar-refractivity contribution in [2.24, 2.45) is 28.6 Å². The number of fused-ring (bicyclic) bond motifs is 5. The molecular formula is C19H26O2. The molecule has 0 aromatic heterocycles. The highest BCUT2D eigenvalue weighted by Gasteiger charge is 2.60. The number of allylic oxidation sites excluding steroid dienone is 2. The molecule has 0 saturated heterocycles. The van der Waals surface area contributed by atoms with Crippen LogP contribution in [0.1, 0.15) is 65.2 Å². The summed E-state index contributed by atoms with van der Waals surface area (Å²) in [4.78, 5) is 25.2. The van der Waals surface area contributed by atoms with Gasteiger partial charge in [0.05, 0.1) is 0 Å². The van der Waals surface area contributed by atoms with E-state index in [1.165, 1.54) is 24.8 Å². The van der Waals surface area contributed by atoms with Gasteiger partial charge in [0.15, 0.2) is 5.78 Å². The van der Waals surface area contributed by atoms with Gasteiger partial charge in [-0.05, 0) is 61.9 Å². The first kappa shape index (κ1) is 13.7. The van der Waals surface area contributed by atoms with E-state index in [2.05, 4.69) is 13.8 Å². The Balaban J connectivity index is 1.78. The van der Waals surface area contributed by atoms with Crippen molar-refractivity contribution in [1.82, 2.24) is 0 Å². The Bertz CT molecular complexity index is 546. The van der Waals surface area contributed by atoms with Gasteiger partial charge in [-0.25, -0.2) is 0 Å². The van der Waals surface area contributed by atoms with Crippen molar-refractivity contribution in [3.8, 4) is 0 Å². The zero-order chi connectivity index (χ0) is 14.8. The Morgan fingerprint density at radius 1 is 0.952 bits per heavy atom. The Morgan fingerprint density at radius 3 is 2.52 bits per heavy atom. The molecule has 0 aromatic rings. The van der Waals surface area contributed by atoms with Gasteiger partial charge in [-0.2, -0.15) is 0 Å². The molecule has 0 aromatic carbocycles. The fourth-order valence-electron chi connectivity index (χ4n) is 6.21. The third-order valence-electron chi connectivity index (χ3n) is 7.57. The van der Waals surface area contributed by atoms with Crippen molar-refractivity contribution in [3.63, 3.8) is 0 Å². The van der Waals surface area contributed by atoms with E-state index in [4.69, 9.17) is 0 Å². The molecule has 0 radical (unpaired) electrons. The van der Waals surface area contributed by atoms with Crippen LogP contribution in [0.5, 0.6) is 0 Å². The van der Waals surface area contributed by atoms with E-state index >= 15 is 0 Å². The number of carbonyl (C=O) groups is 2. The maximum absolute atomic E-state index is 12.8. The van der Waals surface area contributed by atoms with Crippen LogP contribution in [-0.2, 0) is 9.59 Å². The van der Waals surface area contributed by atoms with Crippen molar-refractivity contribution < 1.29 is 9.59 Å². The second kappa shape index (κ2) is 4.30. The monoisotopic (exact) mass is 286 g/mol. The number of hydrogen-bond donors (Lipinski definition) is 0. The molecule has 2 nitrogen and oxygen atoms in total. The maximum Gasteiger partial charge on any atom is 0.159 e. The quantitative estimate of drug-likeness (QED) is 0.672. The lowest BCUT2D eigenvalue weighted by Gasteiger charge is -2.55. The van der Waals surface area contributed by atoms with Gasteiger partial charge in [0.2, 0.25) is 0 Å². The lowest BCUT2D eigenvalue weighted by molar-refractivity contribution is -0.139. The van der Waals surface area contributed by atoms with Crippen molar-refractivity contribution in [2.45, 2.75) is 65.2 Å². The van der Waals surface area contributed by atoms with Gasteiger partial charge >= 0.3 is 0 Å². The lowest BCUT2D eigenvalue weighted by atomic mass is 9.48. The minimum absolute atomic E-state index is 0.127. The molecular weight excluding hydrogens is 260 g/mol. The van der Waals surface area contributed by atoms with Gasteiger partial charge in [0, 0.05) is 17.8 Å². The normalized spacial score (nSPS) is 49.2. The summed E-state index contributed by atoms with van der Waals surface area (Å²) in [6.07, 6.45) is 10.6. The molecule has 3 unspecified atom stereocenters. The molecule has 0 aliphatic heterocycles. The van der Waals surface area contributed by atoms with Crippen LogP contribution in [-0.4, -0.2) is 11.6 Å². The van der Waals surface area contributed by atoms with E-state index in [9.17, 15) is 9.59 Å². The summed E-state index contributed by atoms with van der Waals surface area (Å²) in [5.41, 5.74) is 1.46. The SMILES string of the molecule is C[C@]12CCCCC1=CC(=O)C1C2CC[C@]2(C)C(=O)CCC12. The van der Waals surface area contributed by atoms with Gasteiger partial charge in [-0.3, -0.25) is 9.59 Å². The van der Waals surface area contributed by atoms with E-state index in [1.807, 2.05) is 6.08 Å². The molecule has 4 aliphatic carbocycles. The summed E-state index contributed by atoms with van der Waals surface area (Å²) in [6.45, 7) is 4.54. The number of rotatable bonds is 0. The van der Waals surface area contributed by atoms with Gasteiger partial charge < -0.3 is 0 Å². The fraction of sp³-hybridized carbons (Fsp3) is 0.789. The molecule has 3 fully saturated rings. The molecule has 0 bridgehead atoms. The number of hydrogen-bond acceptors (Lipinski definition) is 2. The van der Waals surface area contributed by atoms with Crippen molar-refractivity contribution in [2.75, 3.05) is 0 Å². The van der Waals surface area contributed by atoms with E-state index in [1.54, 1.807) is 0 Å². The maximum atomic E-state index is 12.8. The molecule has 0 heterocycles. The summed E-state index contributed by atoms with van der Waals surface area (Å²) in [7, 11) is 0. The fourth-order valence-corrected chi connectivity index (χ4v) is 6.21. The molecule has 4 rings (SSSR count). The second-order valence-corrected chi connectivity index (χ2v) is 8.35. The molecule has 114 valence electrons. The van der Waals surface area contributed by atoms with Crippen molar-refractivity contribution >= 4 is 11.6 Å². The Hall–Kier alpha value is -0.920. The highest BCUT2D eigenvalue weighted by molar-refractivity contribution is 5.96. The summed E-state index contributed by atoms with van der Waals surface area (Å²) in [5.74, 6) is 1.70. The highest BCUT2D eigenvalue weighted by Crippen LogP contribution is 2.63. The Labute approximate surface area is 127 Å². The molecule has 2 heteroatoms. The molecule has 0 amide bonds. The summed E-state index contributed by atoms with van der Waals surface area (Å²) in [6, 6.07) is 0. The lowest BCUT2D eigenvalue weighted by Crippen LogP contribution is -2.52. The molecule has 0 spiro atoms. The van der Waals surface area contributed by atoms with Crippen LogP contribution in [0.25, 0.3) is 0 Å². The van der Waals surface area contributed by atoms with E-state index in [-0.39, 0.29) is 16.7 Å². The first-order valence-corrected chi connectivity index (χ1v) is 8.75. The third-order valence-corrected chi connectivity index (χ3v) is 7.57. The van der Waals surface area contributed by atoms with Crippen LogP contribution in [0.2, 0.25) is 0 Å². The summed E-state index contributed by atoms with van der Waals surface area (Å²) < 4.78 is 0. The van der Waals surface area contributed by atoms with Crippen LogP contribution in [0.15, 0.2) is 11.6 Å². The first-order chi connectivity index (χ1) is 9.97. The third kappa shape index (κ3) is 1.65. The van der Waals surface area contributed by atoms with Crippen LogP contribution < -0.4 is 0 Å². The van der Waals surface area contributed by atoms with Crippen LogP contribution in [0.4, 0.5) is 0 Å². The standard InChI is InChI=1S/C19H26O2/c1-18-9-4-3-5-12(18)11-15(20)17-13-6-7-16(21)19(13,2)10-8-14(17)18/h11,13-14,17H,3-10H2,1-2H3/t13?,14?,17?,18-,19-/m0/s1. The number of Topliss-reactive ketones (excluding diaryl/α,β-unsaturated/α-hetero) is 1. The summed E-state index contributed by atoms with van der Waals surface area (Å²) >= 11 is 0. The zero-order valence-electron chi connectivity index (χ0n) is 13.3. The number of carbonyl (C=O) groups excluding carboxylic acids is 2. The first-order valence-electron chi connectivity index (χ1n) is 8.75. The average Bonchev–Trinajstić information content (AvgIpc) is 2.76. The van der Waals surface area contributed by atoms with Crippen molar-refractivity contribution in [3.05, 3.63) is 11.6 Å². The minimum atomic E-state index is -0.201. The van der Waals surface area contributed by atoms with Crippen LogP contribution in [0.3, 0.4) is 0 Å². The largest absolute Gasteiger partial charge is 0.299 e. The minimum Gasteiger partial charge on any atom is -0.299 e. The zero-order valence-corrected chi connectivity index (χ0v) is 13.3. The van der Waals surface area contributed by atoms with E-state index in [0.717, 1.165) is 25.7 Å². The van der Waals surface area contributed by atoms with E-state index < -0.39 is 0 Å². The van der Waals surface area contributed by atoms with Crippen molar-refractivity contribution in [1.29, 1.82) is 0 Å². The van der Waals surface area contributed by atoms with Gasteiger partial charge in [-0.1, -0.05) is 25.8 Å². The molecule has 4 aliphatic rings. The second-order valence-electron chi connectivity index (χ2n) is 8.35. The predicted molar refractivity (Wildman–Crippen MR) is 81.7 cm³/mol. The van der Waals surface area contributed by atoms with Gasteiger partial charge in [0.1, 0.15) is 5.78 Å². The molecule has 21 heavy (non-hydrogen) atoms. The molecule has 0 N–H and O–H groups in total. The van der Waals surface area contributed by atoms with E-state index in [0.29, 0.717) is 29.8 Å². The predicted octanol–water partition coefficient (Wildman–Crippen LogP) is 4.09. The highest BCUT2D eigenvalue weighted by atomic mass is 16.1. The van der Waals surface area contributed by atoms with Crippen LogP contribution in [0, 0.1) is 28.6 Å².